The summed E-state index contributed by atoms with van der Waals surface area (Å²) in [5.41, 5.74) is 0.838. The first-order chi connectivity index (χ1) is 12.5. The predicted octanol–water partition coefficient (Wildman–Crippen LogP) is 3.73. The van der Waals surface area contributed by atoms with Crippen LogP contribution in [0.25, 0.3) is 10.8 Å². The fourth-order valence-electron chi connectivity index (χ4n) is 2.67. The molecule has 6 heteroatoms. The molecule has 0 aliphatic rings. The predicted molar refractivity (Wildman–Crippen MR) is 102 cm³/mol. The van der Waals surface area contributed by atoms with E-state index in [1.165, 1.54) is 0 Å². The minimum atomic E-state index is -3.61. The van der Waals surface area contributed by atoms with Gasteiger partial charge in [-0.25, -0.2) is 13.1 Å². The van der Waals surface area contributed by atoms with Crippen molar-refractivity contribution in [3.63, 3.8) is 0 Å². The normalized spacial score (nSPS) is 11.5. The summed E-state index contributed by atoms with van der Waals surface area (Å²) in [6, 6.07) is 18.0. The summed E-state index contributed by atoms with van der Waals surface area (Å²) in [7, 11) is -2.01. The van der Waals surface area contributed by atoms with Gasteiger partial charge in [0.2, 0.25) is 10.0 Å². The van der Waals surface area contributed by atoms with E-state index in [0.29, 0.717) is 6.61 Å². The van der Waals surface area contributed by atoms with Gasteiger partial charge in [-0.1, -0.05) is 24.3 Å². The number of hydrogen-bond donors (Lipinski definition) is 1. The zero-order valence-corrected chi connectivity index (χ0v) is 15.5. The van der Waals surface area contributed by atoms with Gasteiger partial charge in [0.05, 0.1) is 18.6 Å². The lowest BCUT2D eigenvalue weighted by Gasteiger charge is -2.10. The van der Waals surface area contributed by atoms with Crippen LogP contribution in [0.4, 0.5) is 0 Å². The van der Waals surface area contributed by atoms with Gasteiger partial charge in [-0.2, -0.15) is 0 Å². The van der Waals surface area contributed by atoms with E-state index in [1.54, 1.807) is 25.3 Å². The molecule has 0 spiro atoms. The van der Waals surface area contributed by atoms with Crippen LogP contribution in [0.2, 0.25) is 0 Å². The molecule has 0 bridgehead atoms. The highest BCUT2D eigenvalue weighted by atomic mass is 32.2. The van der Waals surface area contributed by atoms with Crippen molar-refractivity contribution < 1.29 is 17.9 Å². The average molecular weight is 371 g/mol. The standard InChI is InChI=1S/C20H21NO4S/c1-3-25-19-6-4-5-15(11-19)14-21-26(22,23)20-10-8-16-12-18(24-2)9-7-17(16)13-20/h4-13,21H,3,14H2,1-2H3. The molecule has 0 aliphatic carbocycles. The zero-order valence-electron chi connectivity index (χ0n) is 14.7. The smallest absolute Gasteiger partial charge is 0.240 e. The Morgan fingerprint density at radius 1 is 0.923 bits per heavy atom. The summed E-state index contributed by atoms with van der Waals surface area (Å²) in [4.78, 5) is 0.233. The molecule has 0 saturated carbocycles. The van der Waals surface area contributed by atoms with Crippen LogP contribution in [0.15, 0.2) is 65.6 Å². The van der Waals surface area contributed by atoms with Crippen molar-refractivity contribution in [2.45, 2.75) is 18.4 Å². The molecule has 0 aromatic heterocycles. The third-order valence-corrected chi connectivity index (χ3v) is 5.40. The number of nitrogens with one attached hydrogen (secondary N) is 1. The molecule has 3 aromatic rings. The summed E-state index contributed by atoms with van der Waals surface area (Å²) in [5.74, 6) is 1.46. The first kappa shape index (κ1) is 18.2. The van der Waals surface area contributed by atoms with Crippen molar-refractivity contribution >= 4 is 20.8 Å². The second-order valence-electron chi connectivity index (χ2n) is 5.78. The van der Waals surface area contributed by atoms with Gasteiger partial charge in [0.15, 0.2) is 0 Å². The first-order valence-corrected chi connectivity index (χ1v) is 9.79. The van der Waals surface area contributed by atoms with Crippen LogP contribution in [0.3, 0.4) is 0 Å². The molecule has 0 heterocycles. The van der Waals surface area contributed by atoms with Gasteiger partial charge in [0.25, 0.3) is 0 Å². The molecule has 0 atom stereocenters. The fraction of sp³-hybridized carbons (Fsp3) is 0.200. The topological polar surface area (TPSA) is 64.6 Å². The van der Waals surface area contributed by atoms with Crippen LogP contribution in [-0.4, -0.2) is 22.1 Å². The lowest BCUT2D eigenvalue weighted by Crippen LogP contribution is -2.23. The monoisotopic (exact) mass is 371 g/mol. The molecule has 0 amide bonds. The minimum Gasteiger partial charge on any atom is -0.497 e. The number of ether oxygens (including phenoxy) is 2. The maximum absolute atomic E-state index is 12.6. The number of rotatable bonds is 7. The second-order valence-corrected chi connectivity index (χ2v) is 7.55. The third-order valence-electron chi connectivity index (χ3n) is 4.00. The van der Waals surface area contributed by atoms with Crippen LogP contribution in [0, 0.1) is 0 Å². The van der Waals surface area contributed by atoms with E-state index in [1.807, 2.05) is 49.4 Å². The van der Waals surface area contributed by atoms with Crippen LogP contribution < -0.4 is 14.2 Å². The molecule has 0 saturated heterocycles. The van der Waals surface area contributed by atoms with Crippen molar-refractivity contribution in [1.29, 1.82) is 0 Å². The summed E-state index contributed by atoms with van der Waals surface area (Å²) in [6.45, 7) is 2.67. The van der Waals surface area contributed by atoms with Gasteiger partial charge < -0.3 is 9.47 Å². The molecule has 26 heavy (non-hydrogen) atoms. The fourth-order valence-corrected chi connectivity index (χ4v) is 3.72. The molecule has 0 fully saturated rings. The van der Waals surface area contributed by atoms with E-state index in [4.69, 9.17) is 9.47 Å². The van der Waals surface area contributed by atoms with Crippen molar-refractivity contribution in [2.75, 3.05) is 13.7 Å². The number of fused-ring (bicyclic) bond motifs is 1. The molecule has 136 valence electrons. The van der Waals surface area contributed by atoms with Crippen molar-refractivity contribution in [3.05, 3.63) is 66.2 Å². The Labute approximate surface area is 153 Å². The second kappa shape index (κ2) is 7.76. The van der Waals surface area contributed by atoms with E-state index in [0.717, 1.165) is 27.8 Å². The largest absolute Gasteiger partial charge is 0.497 e. The van der Waals surface area contributed by atoms with Crippen LogP contribution in [0.5, 0.6) is 11.5 Å². The Hall–Kier alpha value is -2.57. The van der Waals surface area contributed by atoms with Crippen LogP contribution in [0.1, 0.15) is 12.5 Å². The Kier molecular flexibility index (Phi) is 5.44. The van der Waals surface area contributed by atoms with Gasteiger partial charge in [-0.15, -0.1) is 0 Å². The van der Waals surface area contributed by atoms with E-state index in [9.17, 15) is 8.42 Å². The first-order valence-electron chi connectivity index (χ1n) is 8.31. The zero-order chi connectivity index (χ0) is 18.6. The molecule has 5 nitrogen and oxygen atoms in total. The van der Waals surface area contributed by atoms with Crippen molar-refractivity contribution in [3.8, 4) is 11.5 Å². The quantitative estimate of drug-likeness (QED) is 0.687. The molecule has 0 unspecified atom stereocenters. The number of sulfonamides is 1. The van der Waals surface area contributed by atoms with Crippen molar-refractivity contribution in [1.82, 2.24) is 4.72 Å². The highest BCUT2D eigenvalue weighted by Gasteiger charge is 2.14. The summed E-state index contributed by atoms with van der Waals surface area (Å²) in [5, 5.41) is 1.76. The average Bonchev–Trinajstić information content (AvgIpc) is 2.66. The van der Waals surface area contributed by atoms with E-state index >= 15 is 0 Å². The molecule has 3 aromatic carbocycles. The number of hydrogen-bond acceptors (Lipinski definition) is 4. The highest BCUT2D eigenvalue weighted by molar-refractivity contribution is 7.89. The molecule has 3 rings (SSSR count). The van der Waals surface area contributed by atoms with Crippen molar-refractivity contribution in [2.24, 2.45) is 0 Å². The Bertz CT molecular complexity index is 1020. The molecule has 0 radical (unpaired) electrons. The SMILES string of the molecule is CCOc1cccc(CNS(=O)(=O)c2ccc3cc(OC)ccc3c2)c1. The summed E-state index contributed by atoms with van der Waals surface area (Å²) < 4.78 is 38.5. The molecule has 1 N–H and O–H groups in total. The van der Waals surface area contributed by atoms with Gasteiger partial charge >= 0.3 is 0 Å². The lowest BCUT2D eigenvalue weighted by molar-refractivity contribution is 0.340. The summed E-state index contributed by atoms with van der Waals surface area (Å²) in [6.07, 6.45) is 0. The van der Waals surface area contributed by atoms with Gasteiger partial charge in [-0.05, 0) is 59.7 Å². The Morgan fingerprint density at radius 3 is 2.46 bits per heavy atom. The lowest BCUT2D eigenvalue weighted by atomic mass is 10.1. The number of methoxy groups -OCH3 is 1. The Balaban J connectivity index is 1.79. The van der Waals surface area contributed by atoms with E-state index in [-0.39, 0.29) is 11.4 Å². The molecule has 0 aliphatic heterocycles. The number of benzene rings is 3. The van der Waals surface area contributed by atoms with E-state index in [2.05, 4.69) is 4.72 Å². The minimum absolute atomic E-state index is 0.198. The van der Waals surface area contributed by atoms with Gasteiger partial charge in [0, 0.05) is 6.54 Å². The van der Waals surface area contributed by atoms with Crippen LogP contribution >= 0.6 is 0 Å². The maximum atomic E-state index is 12.6. The highest BCUT2D eigenvalue weighted by Crippen LogP contribution is 2.24. The van der Waals surface area contributed by atoms with Crippen LogP contribution in [-0.2, 0) is 16.6 Å². The van der Waals surface area contributed by atoms with Gasteiger partial charge in [-0.3, -0.25) is 0 Å². The van der Waals surface area contributed by atoms with E-state index < -0.39 is 10.0 Å². The third kappa shape index (κ3) is 4.15. The summed E-state index contributed by atoms with van der Waals surface area (Å²) >= 11 is 0. The maximum Gasteiger partial charge on any atom is 0.240 e. The van der Waals surface area contributed by atoms with Gasteiger partial charge in [0.1, 0.15) is 11.5 Å². The molecular weight excluding hydrogens is 350 g/mol. The Morgan fingerprint density at radius 2 is 1.69 bits per heavy atom. The molecular formula is C20H21NO4S.